The molecule has 1 unspecified atom stereocenters. The van der Waals surface area contributed by atoms with E-state index in [4.69, 9.17) is 5.73 Å². The molecule has 17 heavy (non-hydrogen) atoms. The van der Waals surface area contributed by atoms with E-state index in [9.17, 15) is 0 Å². The summed E-state index contributed by atoms with van der Waals surface area (Å²) in [6.07, 6.45) is 1.07. The molecule has 2 heteroatoms. The molecule has 0 fully saturated rings. The molecule has 1 nitrogen and oxygen atoms in total. The molecule has 2 rings (SSSR count). The van der Waals surface area contributed by atoms with Crippen molar-refractivity contribution in [2.75, 3.05) is 0 Å². The summed E-state index contributed by atoms with van der Waals surface area (Å²) in [4.78, 5) is 1.31. The summed E-state index contributed by atoms with van der Waals surface area (Å²) in [5.74, 6) is 0. The van der Waals surface area contributed by atoms with Gasteiger partial charge >= 0.3 is 0 Å². The molecule has 0 saturated heterocycles. The van der Waals surface area contributed by atoms with E-state index in [2.05, 4.69) is 56.5 Å². The molecule has 0 amide bonds. The van der Waals surface area contributed by atoms with Crippen LogP contribution in [0.1, 0.15) is 35.4 Å². The molecule has 0 bridgehead atoms. The van der Waals surface area contributed by atoms with E-state index in [1.54, 1.807) is 11.3 Å². The van der Waals surface area contributed by atoms with Crippen LogP contribution < -0.4 is 5.73 Å². The van der Waals surface area contributed by atoms with Crippen molar-refractivity contribution in [3.63, 3.8) is 0 Å². The van der Waals surface area contributed by atoms with Crippen LogP contribution in [0.2, 0.25) is 0 Å². The average molecular weight is 245 g/mol. The topological polar surface area (TPSA) is 26.0 Å². The molecule has 2 aromatic rings. The fourth-order valence-corrected chi connectivity index (χ4v) is 2.79. The van der Waals surface area contributed by atoms with E-state index in [0.29, 0.717) is 0 Å². The Balaban J connectivity index is 2.36. The molecule has 1 heterocycles. The number of benzene rings is 1. The second-order valence-electron chi connectivity index (χ2n) is 4.70. The van der Waals surface area contributed by atoms with Crippen LogP contribution in [-0.4, -0.2) is 0 Å². The number of aryl methyl sites for hydroxylation is 2. The van der Waals surface area contributed by atoms with Gasteiger partial charge in [0, 0.05) is 4.88 Å². The van der Waals surface area contributed by atoms with Crippen LogP contribution >= 0.6 is 11.3 Å². The Morgan fingerprint density at radius 1 is 1.18 bits per heavy atom. The molecule has 1 aromatic carbocycles. The minimum absolute atomic E-state index is 0.392. The lowest BCUT2D eigenvalue weighted by Gasteiger charge is -2.24. The Bertz CT molecular complexity index is 494. The predicted molar refractivity (Wildman–Crippen MR) is 75.5 cm³/mol. The zero-order valence-electron chi connectivity index (χ0n) is 10.7. The summed E-state index contributed by atoms with van der Waals surface area (Å²) < 4.78 is 0. The fourth-order valence-electron chi connectivity index (χ4n) is 1.97. The van der Waals surface area contributed by atoms with Crippen LogP contribution in [-0.2, 0) is 12.0 Å². The Hall–Kier alpha value is -1.12. The molecule has 0 aliphatic heterocycles. The van der Waals surface area contributed by atoms with E-state index in [-0.39, 0.29) is 0 Å². The average Bonchev–Trinajstić information content (AvgIpc) is 2.77. The van der Waals surface area contributed by atoms with Gasteiger partial charge in [-0.15, -0.1) is 11.3 Å². The maximum absolute atomic E-state index is 6.47. The van der Waals surface area contributed by atoms with Crippen LogP contribution in [0.3, 0.4) is 0 Å². The molecule has 90 valence electrons. The van der Waals surface area contributed by atoms with Crippen molar-refractivity contribution in [3.8, 4) is 0 Å². The Labute approximate surface area is 107 Å². The SMILES string of the molecule is CCc1ccc(C(C)(N)c2csc(C)c2)cc1. The number of hydrogen-bond acceptors (Lipinski definition) is 2. The molecular weight excluding hydrogens is 226 g/mol. The van der Waals surface area contributed by atoms with Gasteiger partial charge in [0.25, 0.3) is 0 Å². The van der Waals surface area contributed by atoms with Gasteiger partial charge < -0.3 is 5.73 Å². The van der Waals surface area contributed by atoms with Crippen molar-refractivity contribution in [2.24, 2.45) is 5.73 Å². The molecule has 0 aliphatic carbocycles. The quantitative estimate of drug-likeness (QED) is 0.873. The molecule has 0 radical (unpaired) electrons. The van der Waals surface area contributed by atoms with Gasteiger partial charge in [-0.3, -0.25) is 0 Å². The van der Waals surface area contributed by atoms with E-state index >= 15 is 0 Å². The highest BCUT2D eigenvalue weighted by Gasteiger charge is 2.24. The third kappa shape index (κ3) is 2.43. The van der Waals surface area contributed by atoms with E-state index in [1.807, 2.05) is 0 Å². The number of hydrogen-bond donors (Lipinski definition) is 1. The second kappa shape index (κ2) is 4.63. The zero-order valence-corrected chi connectivity index (χ0v) is 11.5. The summed E-state index contributed by atoms with van der Waals surface area (Å²) in [5, 5.41) is 2.16. The maximum atomic E-state index is 6.47. The first kappa shape index (κ1) is 12.3. The summed E-state index contributed by atoms with van der Waals surface area (Å²) in [6, 6.07) is 10.8. The third-order valence-corrected chi connectivity index (χ3v) is 4.15. The fraction of sp³-hybridized carbons (Fsp3) is 0.333. The standard InChI is InChI=1S/C15H19NS/c1-4-12-5-7-13(8-6-12)15(3,16)14-9-11(2)17-10-14/h5-10H,4,16H2,1-3H3. The van der Waals surface area contributed by atoms with Crippen molar-refractivity contribution < 1.29 is 0 Å². The normalized spacial score (nSPS) is 14.6. The minimum Gasteiger partial charge on any atom is -0.318 e. The molecule has 0 aliphatic rings. The number of nitrogens with two attached hydrogens (primary N) is 1. The summed E-state index contributed by atoms with van der Waals surface area (Å²) in [7, 11) is 0. The lowest BCUT2D eigenvalue weighted by molar-refractivity contribution is 0.605. The molecule has 0 saturated carbocycles. The molecule has 0 spiro atoms. The highest BCUT2D eigenvalue weighted by atomic mass is 32.1. The molecule has 1 aromatic heterocycles. The number of thiophene rings is 1. The van der Waals surface area contributed by atoms with Crippen LogP contribution in [0.15, 0.2) is 35.7 Å². The monoisotopic (exact) mass is 245 g/mol. The van der Waals surface area contributed by atoms with Crippen LogP contribution in [0.25, 0.3) is 0 Å². The van der Waals surface area contributed by atoms with Gasteiger partial charge in [-0.25, -0.2) is 0 Å². The molecular formula is C15H19NS. The minimum atomic E-state index is -0.392. The van der Waals surface area contributed by atoms with Crippen LogP contribution in [0.5, 0.6) is 0 Å². The Morgan fingerprint density at radius 2 is 1.82 bits per heavy atom. The van der Waals surface area contributed by atoms with E-state index in [0.717, 1.165) is 6.42 Å². The summed E-state index contributed by atoms with van der Waals surface area (Å²) >= 11 is 1.75. The first-order valence-corrected chi connectivity index (χ1v) is 6.86. The highest BCUT2D eigenvalue weighted by Crippen LogP contribution is 2.30. The zero-order chi connectivity index (χ0) is 12.5. The van der Waals surface area contributed by atoms with E-state index < -0.39 is 5.54 Å². The van der Waals surface area contributed by atoms with Crippen molar-refractivity contribution in [1.82, 2.24) is 0 Å². The first-order valence-electron chi connectivity index (χ1n) is 5.98. The first-order chi connectivity index (χ1) is 8.04. The summed E-state index contributed by atoms with van der Waals surface area (Å²) in [6.45, 7) is 6.36. The molecule has 2 N–H and O–H groups in total. The van der Waals surface area contributed by atoms with Crippen molar-refractivity contribution >= 4 is 11.3 Å². The Kier molecular flexibility index (Phi) is 3.36. The summed E-state index contributed by atoms with van der Waals surface area (Å²) in [5.41, 5.74) is 9.80. The van der Waals surface area contributed by atoms with Gasteiger partial charge in [-0.2, -0.15) is 0 Å². The van der Waals surface area contributed by atoms with Gasteiger partial charge in [0.15, 0.2) is 0 Å². The van der Waals surface area contributed by atoms with Gasteiger partial charge in [0.05, 0.1) is 5.54 Å². The van der Waals surface area contributed by atoms with Crippen LogP contribution in [0, 0.1) is 6.92 Å². The maximum Gasteiger partial charge on any atom is 0.0645 e. The van der Waals surface area contributed by atoms with Crippen LogP contribution in [0.4, 0.5) is 0 Å². The Morgan fingerprint density at radius 3 is 2.29 bits per heavy atom. The lowest BCUT2D eigenvalue weighted by Crippen LogP contribution is -2.33. The smallest absolute Gasteiger partial charge is 0.0645 e. The van der Waals surface area contributed by atoms with Crippen molar-refractivity contribution in [1.29, 1.82) is 0 Å². The number of rotatable bonds is 3. The predicted octanol–water partition coefficient (Wildman–Crippen LogP) is 3.84. The van der Waals surface area contributed by atoms with Crippen molar-refractivity contribution in [2.45, 2.75) is 32.7 Å². The van der Waals surface area contributed by atoms with Gasteiger partial charge in [-0.05, 0) is 48.4 Å². The van der Waals surface area contributed by atoms with Crippen molar-refractivity contribution in [3.05, 3.63) is 57.3 Å². The van der Waals surface area contributed by atoms with Gasteiger partial charge in [0.1, 0.15) is 0 Å². The largest absolute Gasteiger partial charge is 0.318 e. The third-order valence-electron chi connectivity index (χ3n) is 3.29. The van der Waals surface area contributed by atoms with Gasteiger partial charge in [0.2, 0.25) is 0 Å². The van der Waals surface area contributed by atoms with E-state index in [1.165, 1.54) is 21.6 Å². The second-order valence-corrected chi connectivity index (χ2v) is 5.81. The molecule has 1 atom stereocenters. The lowest BCUT2D eigenvalue weighted by atomic mass is 9.87. The van der Waals surface area contributed by atoms with Gasteiger partial charge in [-0.1, -0.05) is 31.2 Å². The highest BCUT2D eigenvalue weighted by molar-refractivity contribution is 7.10.